The molecule has 0 spiro atoms. The summed E-state index contributed by atoms with van der Waals surface area (Å²) in [6.45, 7) is 6.53. The van der Waals surface area contributed by atoms with E-state index in [4.69, 9.17) is 4.74 Å². The first-order valence-corrected chi connectivity index (χ1v) is 28.8. The number of amides is 1. The van der Waals surface area contributed by atoms with E-state index in [-0.39, 0.29) is 24.9 Å². The predicted octanol–water partition coefficient (Wildman–Crippen LogP) is 17.5. The molecule has 376 valence electrons. The molecule has 0 aromatic heterocycles. The Morgan fingerprint density at radius 1 is 0.397 bits per heavy atom. The third-order valence-corrected chi connectivity index (χ3v) is 13.7. The number of hydrogen-bond donors (Lipinski definition) is 3. The fraction of sp³-hybridized carbons (Fsp3) is 0.965. The molecule has 0 heterocycles. The van der Waals surface area contributed by atoms with Gasteiger partial charge in [-0.1, -0.05) is 290 Å². The van der Waals surface area contributed by atoms with Crippen molar-refractivity contribution < 1.29 is 24.5 Å². The van der Waals surface area contributed by atoms with E-state index in [9.17, 15) is 19.8 Å². The van der Waals surface area contributed by atoms with Gasteiger partial charge in [-0.15, -0.1) is 0 Å². The van der Waals surface area contributed by atoms with Gasteiger partial charge in [-0.05, 0) is 25.7 Å². The molecule has 0 aliphatic rings. The van der Waals surface area contributed by atoms with E-state index in [1.807, 2.05) is 0 Å². The van der Waals surface area contributed by atoms with E-state index in [2.05, 4.69) is 26.1 Å². The largest absolute Gasteiger partial charge is 0.462 e. The number of nitrogens with one attached hydrogen (secondary N) is 1. The molecule has 3 unspecified atom stereocenters. The Bertz CT molecular complexity index is 913. The minimum absolute atomic E-state index is 0.0882. The predicted molar refractivity (Wildman–Crippen MR) is 274 cm³/mol. The summed E-state index contributed by atoms with van der Waals surface area (Å²) in [4.78, 5) is 26.2. The number of ether oxygens (including phenoxy) is 1. The molecule has 6 nitrogen and oxygen atoms in total. The van der Waals surface area contributed by atoms with Crippen LogP contribution in [-0.4, -0.2) is 46.9 Å². The Hall–Kier alpha value is -1.14. The van der Waals surface area contributed by atoms with Gasteiger partial charge in [-0.3, -0.25) is 9.59 Å². The Morgan fingerprint density at radius 3 is 0.968 bits per heavy atom. The molecular weight excluding hydrogens is 779 g/mol. The van der Waals surface area contributed by atoms with Crippen molar-refractivity contribution in [2.75, 3.05) is 6.61 Å². The number of esters is 1. The lowest BCUT2D eigenvalue weighted by Gasteiger charge is -2.24. The van der Waals surface area contributed by atoms with Crippen LogP contribution in [0.4, 0.5) is 0 Å². The van der Waals surface area contributed by atoms with Crippen molar-refractivity contribution in [1.82, 2.24) is 5.32 Å². The molecule has 63 heavy (non-hydrogen) atoms. The van der Waals surface area contributed by atoms with Gasteiger partial charge in [0.1, 0.15) is 6.10 Å². The van der Waals surface area contributed by atoms with Gasteiger partial charge in [0.15, 0.2) is 0 Å². The Morgan fingerprint density at radius 2 is 0.667 bits per heavy atom. The summed E-state index contributed by atoms with van der Waals surface area (Å²) in [5.41, 5.74) is 0. The number of unbranched alkanes of at least 4 members (excludes halogenated alkanes) is 41. The van der Waals surface area contributed by atoms with Crippen LogP contribution in [0.5, 0.6) is 0 Å². The van der Waals surface area contributed by atoms with E-state index in [0.717, 1.165) is 38.5 Å². The van der Waals surface area contributed by atoms with Crippen molar-refractivity contribution in [3.8, 4) is 0 Å². The van der Waals surface area contributed by atoms with Gasteiger partial charge in [0.05, 0.1) is 25.2 Å². The molecule has 0 fully saturated rings. The minimum Gasteiger partial charge on any atom is -0.462 e. The van der Waals surface area contributed by atoms with Crippen LogP contribution < -0.4 is 5.32 Å². The maximum Gasteiger partial charge on any atom is 0.306 e. The van der Waals surface area contributed by atoms with Crippen molar-refractivity contribution in [3.63, 3.8) is 0 Å². The van der Waals surface area contributed by atoms with Crippen molar-refractivity contribution >= 4 is 11.9 Å². The number of aliphatic hydroxyl groups excluding tert-OH is 2. The van der Waals surface area contributed by atoms with Crippen LogP contribution >= 0.6 is 0 Å². The molecule has 1 amide bonds. The summed E-state index contributed by atoms with van der Waals surface area (Å²) < 4.78 is 5.96. The second-order valence-electron chi connectivity index (χ2n) is 20.1. The van der Waals surface area contributed by atoms with Crippen LogP contribution in [-0.2, 0) is 14.3 Å². The zero-order valence-corrected chi connectivity index (χ0v) is 43.0. The topological polar surface area (TPSA) is 95.9 Å². The van der Waals surface area contributed by atoms with Crippen molar-refractivity contribution in [2.24, 2.45) is 0 Å². The molecule has 0 rings (SSSR count). The molecular formula is C57H113NO5. The average molecular weight is 893 g/mol. The van der Waals surface area contributed by atoms with Crippen molar-refractivity contribution in [2.45, 2.75) is 347 Å². The SMILES string of the molecule is CCCCCCCCCCCCCCCCCCCCCC(=O)OC(CCCCCCCCCCCCCC)CC(=O)NC(CO)C(O)CCCCCCCCCCCCCCC. The molecule has 3 N–H and O–H groups in total. The molecule has 6 heteroatoms. The fourth-order valence-electron chi connectivity index (χ4n) is 9.32. The maximum absolute atomic E-state index is 13.2. The van der Waals surface area contributed by atoms with Gasteiger partial charge in [0, 0.05) is 6.42 Å². The highest BCUT2D eigenvalue weighted by molar-refractivity contribution is 5.77. The molecule has 0 saturated carbocycles. The number of rotatable bonds is 53. The highest BCUT2D eigenvalue weighted by atomic mass is 16.5. The number of aliphatic hydroxyl groups is 2. The Kier molecular flexibility index (Phi) is 50.9. The molecule has 0 radical (unpaired) electrons. The summed E-state index contributed by atoms with van der Waals surface area (Å²) in [5, 5.41) is 23.8. The quantitative estimate of drug-likeness (QED) is 0.0418. The standard InChI is InChI=1S/C57H113NO5/c1-4-7-10-13-16-19-22-25-26-27-28-29-30-32-35-38-41-44-47-50-57(62)63-53(48-45-42-39-36-33-24-21-18-15-12-9-6-3)51-56(61)58-54(52-59)55(60)49-46-43-40-37-34-31-23-20-17-14-11-8-5-2/h53-55,59-60H,4-52H2,1-3H3,(H,58,61). The van der Waals surface area contributed by atoms with Gasteiger partial charge in [0.25, 0.3) is 0 Å². The van der Waals surface area contributed by atoms with E-state index in [1.165, 1.54) is 244 Å². The molecule has 0 aromatic rings. The van der Waals surface area contributed by atoms with Gasteiger partial charge < -0.3 is 20.3 Å². The first kappa shape index (κ1) is 61.9. The van der Waals surface area contributed by atoms with Gasteiger partial charge >= 0.3 is 5.97 Å². The lowest BCUT2D eigenvalue weighted by Crippen LogP contribution is -2.46. The third kappa shape index (κ3) is 47.2. The summed E-state index contributed by atoms with van der Waals surface area (Å²) >= 11 is 0. The van der Waals surface area contributed by atoms with Crippen LogP contribution in [0.2, 0.25) is 0 Å². The maximum atomic E-state index is 13.2. The summed E-state index contributed by atoms with van der Waals surface area (Å²) in [6, 6.07) is -0.692. The zero-order chi connectivity index (χ0) is 45.9. The van der Waals surface area contributed by atoms with Gasteiger partial charge in [-0.2, -0.15) is 0 Å². The smallest absolute Gasteiger partial charge is 0.306 e. The fourth-order valence-corrected chi connectivity index (χ4v) is 9.32. The highest BCUT2D eigenvalue weighted by Crippen LogP contribution is 2.19. The van der Waals surface area contributed by atoms with Crippen LogP contribution in [0.15, 0.2) is 0 Å². The summed E-state index contributed by atoms with van der Waals surface area (Å²) in [6.07, 6.45) is 57.4. The van der Waals surface area contributed by atoms with Crippen LogP contribution in [0.25, 0.3) is 0 Å². The monoisotopic (exact) mass is 892 g/mol. The van der Waals surface area contributed by atoms with Crippen LogP contribution in [0, 0.1) is 0 Å². The number of carbonyl (C=O) groups excluding carboxylic acids is 2. The Labute approximate surface area is 394 Å². The lowest BCUT2D eigenvalue weighted by molar-refractivity contribution is -0.151. The zero-order valence-electron chi connectivity index (χ0n) is 43.0. The summed E-state index contributed by atoms with van der Waals surface area (Å²) in [7, 11) is 0. The molecule has 3 atom stereocenters. The highest BCUT2D eigenvalue weighted by Gasteiger charge is 2.24. The van der Waals surface area contributed by atoms with Gasteiger partial charge in [0.2, 0.25) is 5.91 Å². The van der Waals surface area contributed by atoms with Crippen LogP contribution in [0.3, 0.4) is 0 Å². The second-order valence-corrected chi connectivity index (χ2v) is 20.1. The molecule has 0 saturated heterocycles. The lowest BCUT2D eigenvalue weighted by atomic mass is 10.0. The molecule has 0 bridgehead atoms. The number of hydrogen-bond acceptors (Lipinski definition) is 5. The summed E-state index contributed by atoms with van der Waals surface area (Å²) in [5.74, 6) is -0.446. The normalized spacial score (nSPS) is 13.0. The van der Waals surface area contributed by atoms with E-state index < -0.39 is 18.2 Å². The van der Waals surface area contributed by atoms with Crippen LogP contribution in [0.1, 0.15) is 329 Å². The van der Waals surface area contributed by atoms with Crippen molar-refractivity contribution in [1.29, 1.82) is 0 Å². The minimum atomic E-state index is -0.779. The molecule has 0 aliphatic carbocycles. The molecule has 0 aliphatic heterocycles. The van der Waals surface area contributed by atoms with E-state index in [1.54, 1.807) is 0 Å². The third-order valence-electron chi connectivity index (χ3n) is 13.7. The van der Waals surface area contributed by atoms with E-state index in [0.29, 0.717) is 19.3 Å². The van der Waals surface area contributed by atoms with E-state index >= 15 is 0 Å². The second kappa shape index (κ2) is 51.8. The number of carbonyl (C=O) groups is 2. The average Bonchev–Trinajstić information content (AvgIpc) is 3.28. The van der Waals surface area contributed by atoms with Crippen molar-refractivity contribution in [3.05, 3.63) is 0 Å². The van der Waals surface area contributed by atoms with Gasteiger partial charge in [-0.25, -0.2) is 0 Å². The Balaban J connectivity index is 4.42. The molecule has 0 aromatic carbocycles. The first-order chi connectivity index (χ1) is 31.0. The first-order valence-electron chi connectivity index (χ1n) is 28.8.